The first-order valence-electron chi connectivity index (χ1n) is 8.55. The molecule has 140 valence electrons. The number of likely N-dealkylation sites (N-methyl/N-ethyl adjacent to an activating group) is 2. The minimum atomic E-state index is -0.639. The van der Waals surface area contributed by atoms with E-state index in [2.05, 4.69) is 0 Å². The molecule has 0 fully saturated rings. The minimum Gasteiger partial charge on any atom is -0.444 e. The Morgan fingerprint density at radius 2 is 1.64 bits per heavy atom. The molecule has 6 heteroatoms. The fraction of sp³-hybridized carbons (Fsp3) is 0.579. The molecular formula is C19H31N3O3. The van der Waals surface area contributed by atoms with Crippen LogP contribution in [0.5, 0.6) is 0 Å². The molecule has 0 aliphatic heterocycles. The molecule has 0 spiro atoms. The fourth-order valence-electron chi connectivity index (χ4n) is 2.50. The van der Waals surface area contributed by atoms with Gasteiger partial charge in [0, 0.05) is 34.1 Å². The zero-order chi connectivity index (χ0) is 19.2. The summed E-state index contributed by atoms with van der Waals surface area (Å²) in [7, 11) is 5.24. The Labute approximate surface area is 151 Å². The molecule has 0 radical (unpaired) electrons. The topological polar surface area (TPSA) is 53.1 Å². The van der Waals surface area contributed by atoms with Gasteiger partial charge in [-0.1, -0.05) is 30.3 Å². The Morgan fingerprint density at radius 3 is 2.08 bits per heavy atom. The molecule has 1 aromatic rings. The maximum absolute atomic E-state index is 13.1. The standard InChI is InChI=1S/C19H31N3O3/c1-8-22(20(5)6)17(23)16(14-15-12-10-9-11-13-15)21(7)18(24)25-19(2,3)4/h9-13,16H,8,14H2,1-7H3. The van der Waals surface area contributed by atoms with E-state index in [1.807, 2.05) is 72.1 Å². The number of nitrogens with zero attached hydrogens (tertiary/aromatic N) is 3. The van der Waals surface area contributed by atoms with Crippen LogP contribution >= 0.6 is 0 Å². The van der Waals surface area contributed by atoms with Gasteiger partial charge in [-0.05, 0) is 33.3 Å². The molecule has 0 aliphatic rings. The van der Waals surface area contributed by atoms with E-state index in [0.29, 0.717) is 13.0 Å². The molecule has 6 nitrogen and oxygen atoms in total. The summed E-state index contributed by atoms with van der Waals surface area (Å²) in [6.07, 6.45) is -0.0728. The van der Waals surface area contributed by atoms with E-state index in [1.165, 1.54) is 4.90 Å². The normalized spacial score (nSPS) is 12.6. The minimum absolute atomic E-state index is 0.135. The van der Waals surface area contributed by atoms with E-state index in [0.717, 1.165) is 5.56 Å². The maximum Gasteiger partial charge on any atom is 0.410 e. The van der Waals surface area contributed by atoms with Crippen molar-refractivity contribution in [2.75, 3.05) is 27.7 Å². The largest absolute Gasteiger partial charge is 0.444 e. The highest BCUT2D eigenvalue weighted by molar-refractivity contribution is 5.85. The number of amides is 2. The van der Waals surface area contributed by atoms with E-state index < -0.39 is 17.7 Å². The zero-order valence-electron chi connectivity index (χ0n) is 16.4. The second-order valence-electron chi connectivity index (χ2n) is 7.20. The lowest BCUT2D eigenvalue weighted by atomic mass is 10.0. The van der Waals surface area contributed by atoms with Gasteiger partial charge in [-0.25, -0.2) is 9.80 Å². The van der Waals surface area contributed by atoms with Crippen LogP contribution in [0, 0.1) is 0 Å². The van der Waals surface area contributed by atoms with Crippen molar-refractivity contribution in [1.29, 1.82) is 0 Å². The van der Waals surface area contributed by atoms with Gasteiger partial charge >= 0.3 is 6.09 Å². The van der Waals surface area contributed by atoms with Gasteiger partial charge in [-0.2, -0.15) is 0 Å². The SMILES string of the molecule is CCN(C(=O)C(Cc1ccccc1)N(C)C(=O)OC(C)(C)C)N(C)C. The van der Waals surface area contributed by atoms with E-state index in [9.17, 15) is 9.59 Å². The van der Waals surface area contributed by atoms with Crippen molar-refractivity contribution in [2.24, 2.45) is 0 Å². The number of carbonyl (C=O) groups is 2. The Hall–Kier alpha value is -2.08. The highest BCUT2D eigenvalue weighted by Gasteiger charge is 2.33. The number of hydrogen-bond acceptors (Lipinski definition) is 4. The third kappa shape index (κ3) is 6.38. The monoisotopic (exact) mass is 349 g/mol. The molecule has 0 bridgehead atoms. The van der Waals surface area contributed by atoms with Gasteiger partial charge in [0.2, 0.25) is 0 Å². The van der Waals surface area contributed by atoms with Gasteiger partial charge in [0.05, 0.1) is 0 Å². The molecule has 1 atom stereocenters. The summed E-state index contributed by atoms with van der Waals surface area (Å²) in [5.74, 6) is -0.135. The molecule has 0 saturated carbocycles. The summed E-state index contributed by atoms with van der Waals surface area (Å²) in [4.78, 5) is 27.0. The first-order chi connectivity index (χ1) is 11.6. The Bertz CT molecular complexity index is 567. The highest BCUT2D eigenvalue weighted by Crippen LogP contribution is 2.16. The van der Waals surface area contributed by atoms with Crippen molar-refractivity contribution >= 4 is 12.0 Å². The molecule has 0 aromatic heterocycles. The van der Waals surface area contributed by atoms with Crippen molar-refractivity contribution in [3.8, 4) is 0 Å². The van der Waals surface area contributed by atoms with Crippen molar-refractivity contribution in [1.82, 2.24) is 14.9 Å². The van der Waals surface area contributed by atoms with E-state index in [4.69, 9.17) is 4.74 Å². The van der Waals surface area contributed by atoms with Gasteiger partial charge in [0.25, 0.3) is 5.91 Å². The maximum atomic E-state index is 13.1. The first-order valence-corrected chi connectivity index (χ1v) is 8.55. The number of benzene rings is 1. The van der Waals surface area contributed by atoms with Gasteiger partial charge in [0.1, 0.15) is 11.6 Å². The van der Waals surface area contributed by atoms with E-state index >= 15 is 0 Å². The Morgan fingerprint density at radius 1 is 1.08 bits per heavy atom. The number of hydrogen-bond donors (Lipinski definition) is 0. The summed E-state index contributed by atoms with van der Waals surface area (Å²) >= 11 is 0. The second-order valence-corrected chi connectivity index (χ2v) is 7.20. The van der Waals surface area contributed by atoms with Crippen LogP contribution in [0.3, 0.4) is 0 Å². The summed E-state index contributed by atoms with van der Waals surface area (Å²) in [6, 6.07) is 9.04. The number of carbonyl (C=O) groups excluding carboxylic acids is 2. The number of rotatable bonds is 6. The average Bonchev–Trinajstić information content (AvgIpc) is 2.51. The van der Waals surface area contributed by atoms with Crippen LogP contribution in [0.4, 0.5) is 4.79 Å². The highest BCUT2D eigenvalue weighted by atomic mass is 16.6. The summed E-state index contributed by atoms with van der Waals surface area (Å²) in [6.45, 7) is 7.87. The molecule has 2 amide bonds. The zero-order valence-corrected chi connectivity index (χ0v) is 16.4. The van der Waals surface area contributed by atoms with Crippen molar-refractivity contribution in [3.05, 3.63) is 35.9 Å². The van der Waals surface area contributed by atoms with Gasteiger partial charge in [0.15, 0.2) is 0 Å². The molecule has 1 aromatic carbocycles. The first kappa shape index (κ1) is 21.0. The lowest BCUT2D eigenvalue weighted by molar-refractivity contribution is -0.149. The van der Waals surface area contributed by atoms with Gasteiger partial charge in [-0.15, -0.1) is 0 Å². The van der Waals surface area contributed by atoms with Gasteiger partial charge in [-0.3, -0.25) is 14.7 Å². The van der Waals surface area contributed by atoms with E-state index in [1.54, 1.807) is 17.1 Å². The molecule has 25 heavy (non-hydrogen) atoms. The smallest absolute Gasteiger partial charge is 0.410 e. The quantitative estimate of drug-likeness (QED) is 0.741. The van der Waals surface area contributed by atoms with Crippen LogP contribution in [0.15, 0.2) is 30.3 Å². The summed E-state index contributed by atoms with van der Waals surface area (Å²) < 4.78 is 5.44. The number of ether oxygens (including phenoxy) is 1. The second kappa shape index (κ2) is 8.85. The van der Waals surface area contributed by atoms with Crippen LogP contribution in [-0.2, 0) is 16.0 Å². The molecule has 0 aliphatic carbocycles. The molecule has 1 unspecified atom stereocenters. The summed E-state index contributed by atoms with van der Waals surface area (Å²) in [5, 5.41) is 3.36. The Balaban J connectivity index is 3.09. The van der Waals surface area contributed by atoms with Crippen LogP contribution < -0.4 is 0 Å². The lowest BCUT2D eigenvalue weighted by Gasteiger charge is -2.35. The molecular weight excluding hydrogens is 318 g/mol. The third-order valence-corrected chi connectivity index (χ3v) is 3.74. The molecule has 1 rings (SSSR count). The third-order valence-electron chi connectivity index (χ3n) is 3.74. The van der Waals surface area contributed by atoms with Crippen molar-refractivity contribution in [2.45, 2.75) is 45.8 Å². The van der Waals surface area contributed by atoms with Crippen molar-refractivity contribution < 1.29 is 14.3 Å². The van der Waals surface area contributed by atoms with Crippen molar-refractivity contribution in [3.63, 3.8) is 0 Å². The molecule has 0 N–H and O–H groups in total. The summed E-state index contributed by atoms with van der Waals surface area (Å²) in [5.41, 5.74) is 0.378. The predicted molar refractivity (Wildman–Crippen MR) is 99.0 cm³/mol. The molecule has 0 heterocycles. The van der Waals surface area contributed by atoms with Crippen LogP contribution in [0.25, 0.3) is 0 Å². The Kier molecular flexibility index (Phi) is 7.42. The molecule has 0 saturated heterocycles. The van der Waals surface area contributed by atoms with Gasteiger partial charge < -0.3 is 4.74 Å². The average molecular weight is 349 g/mol. The predicted octanol–water partition coefficient (Wildman–Crippen LogP) is 2.79. The number of hydrazine groups is 1. The van der Waals surface area contributed by atoms with Crippen LogP contribution in [-0.4, -0.2) is 66.2 Å². The lowest BCUT2D eigenvalue weighted by Crippen LogP contribution is -2.54. The van der Waals surface area contributed by atoms with Crippen LogP contribution in [0.2, 0.25) is 0 Å². The van der Waals surface area contributed by atoms with Crippen LogP contribution in [0.1, 0.15) is 33.3 Å². The fourth-order valence-corrected chi connectivity index (χ4v) is 2.50. The van der Waals surface area contributed by atoms with E-state index in [-0.39, 0.29) is 5.91 Å².